The molecule has 0 bridgehead atoms. The lowest BCUT2D eigenvalue weighted by Crippen LogP contribution is -2.49. The van der Waals surface area contributed by atoms with Crippen LogP contribution in [0, 0.1) is 17.2 Å². The second kappa shape index (κ2) is 16.5. The zero-order chi connectivity index (χ0) is 33.3. The number of carbonyl (C=O) groups is 2. The Kier molecular flexibility index (Phi) is 12.7. The molecule has 1 aliphatic carbocycles. The van der Waals surface area contributed by atoms with Gasteiger partial charge in [0.25, 0.3) is 5.91 Å². The quantitative estimate of drug-likeness (QED) is 0.383. The van der Waals surface area contributed by atoms with Crippen molar-refractivity contribution in [1.82, 2.24) is 30.1 Å². The molecule has 5 rings (SSSR count). The smallest absolute Gasteiger partial charge is 0.475 e. The molecule has 2 aliphatic heterocycles. The van der Waals surface area contributed by atoms with Crippen LogP contribution in [0.15, 0.2) is 34.9 Å². The molecule has 11 nitrogen and oxygen atoms in total. The molecule has 250 valence electrons. The van der Waals surface area contributed by atoms with Gasteiger partial charge >= 0.3 is 12.1 Å². The van der Waals surface area contributed by atoms with Gasteiger partial charge in [0.1, 0.15) is 6.07 Å². The minimum Gasteiger partial charge on any atom is -0.475 e. The second-order valence-corrected chi connectivity index (χ2v) is 12.9. The Labute approximate surface area is 275 Å². The third-order valence-electron chi connectivity index (χ3n) is 8.53. The first-order valence-electron chi connectivity index (χ1n) is 15.5. The first kappa shape index (κ1) is 35.5. The summed E-state index contributed by atoms with van der Waals surface area (Å²) in [6, 6.07) is 10.1. The van der Waals surface area contributed by atoms with Gasteiger partial charge in [0.15, 0.2) is 5.82 Å². The van der Waals surface area contributed by atoms with Crippen LogP contribution < -0.4 is 10.4 Å². The lowest BCUT2D eigenvalue weighted by molar-refractivity contribution is -0.192. The second-order valence-electron chi connectivity index (χ2n) is 12.1. The summed E-state index contributed by atoms with van der Waals surface area (Å²) in [5.74, 6) is -1.53. The largest absolute Gasteiger partial charge is 0.490 e. The van der Waals surface area contributed by atoms with E-state index in [-0.39, 0.29) is 17.8 Å². The number of piperazine rings is 1. The number of halogens is 4. The highest BCUT2D eigenvalue weighted by atomic mass is 79.9. The van der Waals surface area contributed by atoms with Crippen LogP contribution in [0.2, 0.25) is 0 Å². The van der Waals surface area contributed by atoms with Crippen molar-refractivity contribution in [2.45, 2.75) is 57.3 Å². The van der Waals surface area contributed by atoms with Gasteiger partial charge in [0.2, 0.25) is 5.82 Å². The van der Waals surface area contributed by atoms with E-state index < -0.39 is 12.1 Å². The number of carboxylic acid groups (broad SMARTS) is 1. The maximum atomic E-state index is 13.3. The molecule has 0 spiro atoms. The number of carboxylic acids is 1. The number of hydrazine groups is 1. The molecule has 1 amide bonds. The highest BCUT2D eigenvalue weighted by Gasteiger charge is 2.38. The minimum absolute atomic E-state index is 0.0808. The van der Waals surface area contributed by atoms with Gasteiger partial charge in [-0.3, -0.25) is 20.1 Å². The van der Waals surface area contributed by atoms with Crippen LogP contribution in [0.1, 0.15) is 60.3 Å². The predicted octanol–water partition coefficient (Wildman–Crippen LogP) is 4.30. The number of anilines is 1. The third-order valence-corrected chi connectivity index (χ3v) is 9.09. The lowest BCUT2D eigenvalue weighted by atomic mass is 9.97. The van der Waals surface area contributed by atoms with Crippen molar-refractivity contribution < 1.29 is 27.9 Å². The number of nitriles is 1. The minimum atomic E-state index is -5.08. The van der Waals surface area contributed by atoms with E-state index in [0.717, 1.165) is 64.3 Å². The molecule has 1 unspecified atom stereocenters. The number of hydrogen-bond donors (Lipinski definition) is 2. The lowest BCUT2D eigenvalue weighted by Gasteiger charge is -2.38. The first-order valence-corrected chi connectivity index (χ1v) is 16.3. The molecule has 1 atom stereocenters. The number of nitrogens with one attached hydrogen (secondary N) is 1. The molecule has 3 aliphatic rings. The molecular formula is C31H40BrF3N8O3. The third kappa shape index (κ3) is 10.3. The summed E-state index contributed by atoms with van der Waals surface area (Å²) in [6.07, 6.45) is 3.30. The number of carbonyl (C=O) groups excluding carboxylic acids is 1. The fraction of sp³-hybridized carbons (Fsp3) is 0.581. The van der Waals surface area contributed by atoms with Crippen molar-refractivity contribution in [3.05, 3.63) is 51.9 Å². The van der Waals surface area contributed by atoms with E-state index in [0.29, 0.717) is 15.9 Å². The molecule has 2 aromatic rings. The van der Waals surface area contributed by atoms with E-state index in [9.17, 15) is 23.2 Å². The van der Waals surface area contributed by atoms with E-state index >= 15 is 0 Å². The molecule has 1 saturated carbocycles. The molecule has 2 saturated heterocycles. The van der Waals surface area contributed by atoms with Gasteiger partial charge in [-0.2, -0.15) is 23.4 Å². The molecule has 0 radical (unpaired) electrons. The van der Waals surface area contributed by atoms with E-state index in [4.69, 9.17) is 9.90 Å². The Hall–Kier alpha value is -3.32. The van der Waals surface area contributed by atoms with Crippen molar-refractivity contribution >= 4 is 33.6 Å². The number of alkyl halides is 3. The zero-order valence-electron chi connectivity index (χ0n) is 25.8. The van der Waals surface area contributed by atoms with Crippen LogP contribution in [-0.2, 0) is 11.3 Å². The van der Waals surface area contributed by atoms with E-state index in [2.05, 4.69) is 65.2 Å². The average molecular weight is 710 g/mol. The van der Waals surface area contributed by atoms with Gasteiger partial charge in [-0.05, 0) is 78.8 Å². The Morgan fingerprint density at radius 1 is 1.07 bits per heavy atom. The fourth-order valence-corrected chi connectivity index (χ4v) is 6.55. The van der Waals surface area contributed by atoms with Crippen LogP contribution in [0.5, 0.6) is 0 Å². The summed E-state index contributed by atoms with van der Waals surface area (Å²) in [5.41, 5.74) is 4.90. The molecule has 1 aromatic carbocycles. The number of aromatic nitrogens is 2. The summed E-state index contributed by atoms with van der Waals surface area (Å²) in [4.78, 5) is 38.2. The van der Waals surface area contributed by atoms with Crippen molar-refractivity contribution in [2.75, 3.05) is 57.9 Å². The van der Waals surface area contributed by atoms with Crippen molar-refractivity contribution in [2.24, 2.45) is 5.92 Å². The fourth-order valence-electron chi connectivity index (χ4n) is 6.17. The van der Waals surface area contributed by atoms with Crippen molar-refractivity contribution in [1.29, 1.82) is 5.26 Å². The number of benzene rings is 1. The summed E-state index contributed by atoms with van der Waals surface area (Å²) >= 11 is 3.50. The number of rotatable bonds is 8. The molecule has 1 aromatic heterocycles. The van der Waals surface area contributed by atoms with Gasteiger partial charge in [-0.25, -0.2) is 9.78 Å². The maximum absolute atomic E-state index is 13.3. The molecule has 3 fully saturated rings. The Morgan fingerprint density at radius 3 is 2.28 bits per heavy atom. The Morgan fingerprint density at radius 2 is 1.70 bits per heavy atom. The molecule has 3 heterocycles. The number of nitrogens with zero attached hydrogens (tertiary/aromatic N) is 7. The molecule has 2 N–H and O–H groups in total. The van der Waals surface area contributed by atoms with Crippen LogP contribution in [0.3, 0.4) is 0 Å². The number of aliphatic carboxylic acids is 1. The summed E-state index contributed by atoms with van der Waals surface area (Å²) in [6.45, 7) is 9.03. The van der Waals surface area contributed by atoms with E-state index in [1.165, 1.54) is 38.0 Å². The topological polar surface area (TPSA) is 129 Å². The number of amides is 1. The predicted molar refractivity (Wildman–Crippen MR) is 169 cm³/mol. The van der Waals surface area contributed by atoms with Crippen LogP contribution >= 0.6 is 15.9 Å². The van der Waals surface area contributed by atoms with Crippen molar-refractivity contribution in [3.8, 4) is 6.07 Å². The van der Waals surface area contributed by atoms with E-state index in [1.54, 1.807) is 6.20 Å². The van der Waals surface area contributed by atoms with Crippen LogP contribution in [-0.4, -0.2) is 107 Å². The molecule has 46 heavy (non-hydrogen) atoms. The average Bonchev–Trinajstić information content (AvgIpc) is 3.56. The van der Waals surface area contributed by atoms with Crippen molar-refractivity contribution in [3.63, 3.8) is 0 Å². The molecule has 15 heteroatoms. The highest BCUT2D eigenvalue weighted by molar-refractivity contribution is 9.10. The standard InChI is InChI=1S/C29H39BrN8O.C2HF3O2/c1-35-12-4-5-23(19-35)21-37-15-13-36(14-16-37)20-22-8-10-24(11-9-22)29(39)34-38(25-6-2-3-7-25)28-26(30)18-32-27(17-31)33-28;3-2(4,5)1(6)7/h8-11,18,23,25H,2-7,12-16,19-21H2,1H3,(H,34,39);(H,6,7). The summed E-state index contributed by atoms with van der Waals surface area (Å²) in [7, 11) is 2.24. The summed E-state index contributed by atoms with van der Waals surface area (Å²) < 4.78 is 32.4. The monoisotopic (exact) mass is 708 g/mol. The van der Waals surface area contributed by atoms with Gasteiger partial charge in [0.05, 0.1) is 10.5 Å². The Balaban J connectivity index is 0.000000617. The van der Waals surface area contributed by atoms with E-state index in [1.807, 2.05) is 23.2 Å². The van der Waals surface area contributed by atoms with Crippen LogP contribution in [0.4, 0.5) is 19.0 Å². The van der Waals surface area contributed by atoms with Crippen LogP contribution in [0.25, 0.3) is 0 Å². The molecular weight excluding hydrogens is 669 g/mol. The van der Waals surface area contributed by atoms with Gasteiger partial charge in [-0.15, -0.1) is 0 Å². The Bertz CT molecular complexity index is 1360. The maximum Gasteiger partial charge on any atom is 0.490 e. The number of likely N-dealkylation sites (tertiary alicyclic amines) is 1. The number of piperidine rings is 1. The number of hydrogen-bond acceptors (Lipinski definition) is 9. The summed E-state index contributed by atoms with van der Waals surface area (Å²) in [5, 5.41) is 18.2. The van der Waals surface area contributed by atoms with Gasteiger partial charge in [-0.1, -0.05) is 25.0 Å². The first-order chi connectivity index (χ1) is 21.9. The highest BCUT2D eigenvalue weighted by Crippen LogP contribution is 2.30. The normalized spacial score (nSPS) is 20.0. The SMILES string of the molecule is CN1CCCC(CN2CCN(Cc3ccc(C(=O)NN(c4nc(C#N)ncc4Br)C4CCCC4)cc3)CC2)C1.O=C(O)C(F)(F)F. The zero-order valence-corrected chi connectivity index (χ0v) is 27.4. The van der Waals surface area contributed by atoms with Gasteiger partial charge in [0, 0.05) is 57.6 Å². The van der Waals surface area contributed by atoms with Gasteiger partial charge < -0.3 is 14.9 Å².